The summed E-state index contributed by atoms with van der Waals surface area (Å²) in [6.45, 7) is 1.76. The number of nitrogens with zero attached hydrogens (tertiary/aromatic N) is 4. The fourth-order valence-corrected chi connectivity index (χ4v) is 3.10. The second-order valence-corrected chi connectivity index (χ2v) is 6.80. The molecule has 1 aromatic heterocycles. The van der Waals surface area contributed by atoms with Crippen molar-refractivity contribution in [1.29, 1.82) is 0 Å². The third-order valence-electron chi connectivity index (χ3n) is 4.94. The maximum absolute atomic E-state index is 12.3. The van der Waals surface area contributed by atoms with E-state index in [4.69, 9.17) is 9.47 Å². The number of likely N-dealkylation sites (tertiary alicyclic amines) is 1. The van der Waals surface area contributed by atoms with E-state index in [1.54, 1.807) is 19.1 Å². The maximum Gasteiger partial charge on any atom is 0.317 e. The summed E-state index contributed by atoms with van der Waals surface area (Å²) < 4.78 is 12.4. The third-order valence-corrected chi connectivity index (χ3v) is 4.94. The number of hydrogen-bond acceptors (Lipinski definition) is 5. The highest BCUT2D eigenvalue weighted by Gasteiger charge is 2.34. The molecule has 4 rings (SSSR count). The molecule has 8 nitrogen and oxygen atoms in total. The lowest BCUT2D eigenvalue weighted by Crippen LogP contribution is -2.54. The van der Waals surface area contributed by atoms with Gasteiger partial charge in [0.2, 0.25) is 0 Å². The van der Waals surface area contributed by atoms with Crippen molar-refractivity contribution in [2.45, 2.75) is 31.3 Å². The molecule has 1 aliphatic carbocycles. The van der Waals surface area contributed by atoms with Gasteiger partial charge < -0.3 is 19.7 Å². The average molecular weight is 357 g/mol. The van der Waals surface area contributed by atoms with Crippen molar-refractivity contribution in [3.05, 3.63) is 35.7 Å². The summed E-state index contributed by atoms with van der Waals surface area (Å²) in [4.78, 5) is 14.1. The van der Waals surface area contributed by atoms with Gasteiger partial charge in [0, 0.05) is 31.7 Å². The molecule has 2 fully saturated rings. The number of ether oxygens (including phenoxy) is 2. The number of methoxy groups -OCH3 is 2. The van der Waals surface area contributed by atoms with E-state index in [2.05, 4.69) is 15.6 Å². The summed E-state index contributed by atoms with van der Waals surface area (Å²) in [6, 6.07) is 5.77. The summed E-state index contributed by atoms with van der Waals surface area (Å²) in [7, 11) is 3.20. The van der Waals surface area contributed by atoms with Crippen molar-refractivity contribution in [2.75, 3.05) is 27.3 Å². The van der Waals surface area contributed by atoms with Gasteiger partial charge in [-0.2, -0.15) is 0 Å². The van der Waals surface area contributed by atoms with Gasteiger partial charge in [0.1, 0.15) is 0 Å². The number of aromatic nitrogens is 3. The summed E-state index contributed by atoms with van der Waals surface area (Å²) >= 11 is 0. The molecule has 2 amide bonds. The molecule has 0 bridgehead atoms. The van der Waals surface area contributed by atoms with E-state index in [0.29, 0.717) is 37.1 Å². The summed E-state index contributed by atoms with van der Waals surface area (Å²) in [5.74, 6) is 1.93. The third kappa shape index (κ3) is 3.31. The molecular weight excluding hydrogens is 334 g/mol. The maximum atomic E-state index is 12.3. The van der Waals surface area contributed by atoms with Gasteiger partial charge in [0.15, 0.2) is 11.5 Å². The van der Waals surface area contributed by atoms with E-state index in [-0.39, 0.29) is 12.1 Å². The molecule has 8 heteroatoms. The lowest BCUT2D eigenvalue weighted by atomic mass is 10.1. The van der Waals surface area contributed by atoms with Gasteiger partial charge in [-0.1, -0.05) is 11.3 Å². The number of carbonyl (C=O) groups is 1. The number of hydrogen-bond donors (Lipinski definition) is 1. The first kappa shape index (κ1) is 16.7. The van der Waals surface area contributed by atoms with Gasteiger partial charge >= 0.3 is 6.03 Å². The lowest BCUT2D eigenvalue weighted by Gasteiger charge is -2.38. The van der Waals surface area contributed by atoms with E-state index < -0.39 is 0 Å². The Morgan fingerprint density at radius 3 is 2.69 bits per heavy atom. The Morgan fingerprint density at radius 2 is 2.00 bits per heavy atom. The molecule has 26 heavy (non-hydrogen) atoms. The second kappa shape index (κ2) is 6.86. The monoisotopic (exact) mass is 357 g/mol. The van der Waals surface area contributed by atoms with Gasteiger partial charge in [-0.05, 0) is 30.5 Å². The average Bonchev–Trinajstić information content (AvgIpc) is 3.37. The molecule has 1 saturated heterocycles. The fraction of sp³-hybridized carbons (Fsp3) is 0.500. The number of urea groups is 1. The highest BCUT2D eigenvalue weighted by molar-refractivity contribution is 5.75. The Kier molecular flexibility index (Phi) is 4.40. The first-order valence-corrected chi connectivity index (χ1v) is 8.83. The van der Waals surface area contributed by atoms with Crippen LogP contribution in [0.3, 0.4) is 0 Å². The Bertz CT molecular complexity index is 796. The van der Waals surface area contributed by atoms with Crippen LogP contribution in [0.15, 0.2) is 24.4 Å². The zero-order valence-corrected chi connectivity index (χ0v) is 15.0. The molecule has 0 spiro atoms. The molecule has 0 atom stereocenters. The van der Waals surface area contributed by atoms with E-state index in [1.165, 1.54) is 12.8 Å². The van der Waals surface area contributed by atoms with Crippen molar-refractivity contribution in [3.63, 3.8) is 0 Å². The molecule has 2 heterocycles. The minimum Gasteiger partial charge on any atom is -0.493 e. The molecule has 1 N–H and O–H groups in total. The van der Waals surface area contributed by atoms with Crippen LogP contribution in [-0.2, 0) is 6.54 Å². The van der Waals surface area contributed by atoms with Crippen molar-refractivity contribution in [1.82, 2.24) is 25.2 Å². The van der Waals surface area contributed by atoms with E-state index >= 15 is 0 Å². The van der Waals surface area contributed by atoms with Crippen LogP contribution < -0.4 is 14.8 Å². The Labute approximate surface area is 152 Å². The summed E-state index contributed by atoms with van der Waals surface area (Å²) in [5.41, 5.74) is 2.04. The normalized spacial score (nSPS) is 16.9. The van der Waals surface area contributed by atoms with E-state index in [1.807, 2.05) is 29.1 Å². The van der Waals surface area contributed by atoms with Crippen LogP contribution in [0.1, 0.15) is 36.1 Å². The summed E-state index contributed by atoms with van der Waals surface area (Å²) in [6.07, 6.45) is 4.46. The molecule has 1 aromatic carbocycles. The largest absolute Gasteiger partial charge is 0.493 e. The van der Waals surface area contributed by atoms with Crippen LogP contribution in [0, 0.1) is 0 Å². The minimum absolute atomic E-state index is 0.0708. The number of rotatable bonds is 6. The van der Waals surface area contributed by atoms with Crippen molar-refractivity contribution in [2.24, 2.45) is 0 Å². The first-order valence-electron chi connectivity index (χ1n) is 8.83. The molecule has 1 saturated carbocycles. The molecule has 2 aliphatic rings. The molecule has 1 aliphatic heterocycles. The fourth-order valence-electron chi connectivity index (χ4n) is 3.10. The topological polar surface area (TPSA) is 81.5 Å². The van der Waals surface area contributed by atoms with E-state index in [0.717, 1.165) is 11.3 Å². The standard InChI is InChI=1S/C18H23N5O3/c1-25-16-6-3-12(7-17(16)26-2)8-19-18(24)22-9-14(10-22)23-11-15(20-21-23)13-4-5-13/h3,6-7,11,13-14H,4-5,8-10H2,1-2H3,(H,19,24). The van der Waals surface area contributed by atoms with Crippen LogP contribution in [-0.4, -0.2) is 53.2 Å². The van der Waals surface area contributed by atoms with Gasteiger partial charge in [-0.25, -0.2) is 9.48 Å². The zero-order valence-electron chi connectivity index (χ0n) is 15.0. The molecule has 0 radical (unpaired) electrons. The van der Waals surface area contributed by atoms with Gasteiger partial charge in [0.05, 0.1) is 26.0 Å². The Hall–Kier alpha value is -2.77. The minimum atomic E-state index is -0.0708. The smallest absolute Gasteiger partial charge is 0.317 e. The Balaban J connectivity index is 1.27. The highest BCUT2D eigenvalue weighted by Crippen LogP contribution is 2.39. The highest BCUT2D eigenvalue weighted by atomic mass is 16.5. The van der Waals surface area contributed by atoms with Gasteiger partial charge in [-0.3, -0.25) is 0 Å². The van der Waals surface area contributed by atoms with Crippen molar-refractivity contribution in [3.8, 4) is 11.5 Å². The predicted molar refractivity (Wildman–Crippen MR) is 94.4 cm³/mol. The number of benzene rings is 1. The molecular formula is C18H23N5O3. The molecule has 138 valence electrons. The molecule has 0 unspecified atom stereocenters. The number of nitrogens with one attached hydrogen (secondary N) is 1. The van der Waals surface area contributed by atoms with Crippen LogP contribution in [0.2, 0.25) is 0 Å². The summed E-state index contributed by atoms with van der Waals surface area (Å²) in [5, 5.41) is 11.4. The zero-order chi connectivity index (χ0) is 18.1. The first-order chi connectivity index (χ1) is 12.7. The quantitative estimate of drug-likeness (QED) is 0.854. The van der Waals surface area contributed by atoms with E-state index in [9.17, 15) is 4.79 Å². The van der Waals surface area contributed by atoms with Crippen molar-refractivity contribution < 1.29 is 14.3 Å². The van der Waals surface area contributed by atoms with Crippen LogP contribution in [0.5, 0.6) is 11.5 Å². The van der Waals surface area contributed by atoms with Crippen LogP contribution in [0.25, 0.3) is 0 Å². The lowest BCUT2D eigenvalue weighted by molar-refractivity contribution is 0.117. The predicted octanol–water partition coefficient (Wildman–Crippen LogP) is 1.94. The number of carbonyl (C=O) groups excluding carboxylic acids is 1. The van der Waals surface area contributed by atoms with Crippen molar-refractivity contribution >= 4 is 6.03 Å². The second-order valence-electron chi connectivity index (χ2n) is 6.80. The van der Waals surface area contributed by atoms with Crippen LogP contribution >= 0.6 is 0 Å². The van der Waals surface area contributed by atoms with Gasteiger partial charge in [-0.15, -0.1) is 5.10 Å². The number of amides is 2. The Morgan fingerprint density at radius 1 is 1.23 bits per heavy atom. The van der Waals surface area contributed by atoms with Gasteiger partial charge in [0.25, 0.3) is 0 Å². The van der Waals surface area contributed by atoms with Crippen LogP contribution in [0.4, 0.5) is 4.79 Å². The molecule has 2 aromatic rings. The SMILES string of the molecule is COc1ccc(CNC(=O)N2CC(n3cc(C4CC4)nn3)C2)cc1OC.